The van der Waals surface area contributed by atoms with Crippen LogP contribution < -0.4 is 5.56 Å². The van der Waals surface area contributed by atoms with Gasteiger partial charge in [-0.25, -0.2) is 4.98 Å². The topological polar surface area (TPSA) is 71.0 Å². The predicted octanol–water partition coefficient (Wildman–Crippen LogP) is 2.28. The number of hydrogen-bond acceptors (Lipinski definition) is 3. The molecule has 0 atom stereocenters. The van der Waals surface area contributed by atoms with Crippen LogP contribution in [0.2, 0.25) is 0 Å². The highest BCUT2D eigenvalue weighted by Gasteiger charge is 2.25. The van der Waals surface area contributed by atoms with Crippen molar-refractivity contribution in [1.29, 1.82) is 0 Å². The van der Waals surface area contributed by atoms with Gasteiger partial charge in [-0.2, -0.15) is 0 Å². The fourth-order valence-electron chi connectivity index (χ4n) is 3.53. The molecule has 25 heavy (non-hydrogen) atoms. The van der Waals surface area contributed by atoms with E-state index in [0.29, 0.717) is 12.5 Å². The van der Waals surface area contributed by atoms with Crippen molar-refractivity contribution < 1.29 is 4.79 Å². The van der Waals surface area contributed by atoms with Crippen LogP contribution in [0.5, 0.6) is 0 Å². The number of aromatic nitrogens is 3. The molecule has 6 nitrogen and oxygen atoms in total. The van der Waals surface area contributed by atoms with Crippen molar-refractivity contribution in [3.8, 4) is 0 Å². The van der Waals surface area contributed by atoms with Gasteiger partial charge in [0.15, 0.2) is 0 Å². The van der Waals surface area contributed by atoms with Gasteiger partial charge in [0.1, 0.15) is 0 Å². The molecule has 3 aromatic rings. The summed E-state index contributed by atoms with van der Waals surface area (Å²) in [4.78, 5) is 33.7. The number of para-hydroxylation sites is 1. The molecule has 0 saturated carbocycles. The number of fused-ring (bicyclic) bond motifs is 1. The Bertz CT molecular complexity index is 951. The third kappa shape index (κ3) is 3.07. The van der Waals surface area contributed by atoms with Crippen LogP contribution in [-0.2, 0) is 6.54 Å². The van der Waals surface area contributed by atoms with Gasteiger partial charge in [-0.15, -0.1) is 0 Å². The van der Waals surface area contributed by atoms with Crippen LogP contribution in [0.1, 0.15) is 23.2 Å². The van der Waals surface area contributed by atoms with Gasteiger partial charge < -0.3 is 9.88 Å². The molecule has 1 aliphatic heterocycles. The summed E-state index contributed by atoms with van der Waals surface area (Å²) in [6.07, 6.45) is 6.70. The zero-order valence-electron chi connectivity index (χ0n) is 13.9. The summed E-state index contributed by atoms with van der Waals surface area (Å²) in [5, 5.41) is 0.969. The quantitative estimate of drug-likeness (QED) is 0.797. The molecule has 128 valence electrons. The molecule has 0 bridgehead atoms. The Morgan fingerprint density at radius 1 is 1.20 bits per heavy atom. The smallest absolute Gasteiger partial charge is 0.256 e. The van der Waals surface area contributed by atoms with Crippen molar-refractivity contribution in [3.63, 3.8) is 0 Å². The van der Waals surface area contributed by atoms with Crippen LogP contribution in [0.15, 0.2) is 53.8 Å². The summed E-state index contributed by atoms with van der Waals surface area (Å²) in [7, 11) is 0. The van der Waals surface area contributed by atoms with E-state index < -0.39 is 0 Å². The number of amides is 1. The first kappa shape index (κ1) is 15.6. The minimum Gasteiger partial charge on any atom is -0.360 e. The molecule has 1 amide bonds. The standard InChI is InChI=1S/C19H20N4O2/c24-18-5-8-20-13-23(18)12-14-6-9-22(10-7-14)19(25)16-11-21-17-4-2-1-3-15(16)17/h1-5,8,11,13-14,21H,6-7,9-10,12H2. The lowest BCUT2D eigenvalue weighted by Crippen LogP contribution is -2.40. The lowest BCUT2D eigenvalue weighted by atomic mass is 9.96. The van der Waals surface area contributed by atoms with Gasteiger partial charge in [0, 0.05) is 49.0 Å². The Morgan fingerprint density at radius 3 is 2.80 bits per heavy atom. The minimum absolute atomic E-state index is 0.0210. The second-order valence-electron chi connectivity index (χ2n) is 6.55. The molecule has 0 unspecified atom stereocenters. The number of carbonyl (C=O) groups excluding carboxylic acids is 1. The number of nitrogens with zero attached hydrogens (tertiary/aromatic N) is 3. The second kappa shape index (κ2) is 6.55. The van der Waals surface area contributed by atoms with Crippen LogP contribution in [0.25, 0.3) is 10.9 Å². The molecule has 4 rings (SSSR count). The normalized spacial score (nSPS) is 15.6. The summed E-state index contributed by atoms with van der Waals surface area (Å²) in [5.41, 5.74) is 1.70. The van der Waals surface area contributed by atoms with E-state index in [9.17, 15) is 9.59 Å². The van der Waals surface area contributed by atoms with Gasteiger partial charge in [0.2, 0.25) is 0 Å². The first-order valence-corrected chi connectivity index (χ1v) is 8.58. The van der Waals surface area contributed by atoms with E-state index in [1.165, 1.54) is 12.3 Å². The largest absolute Gasteiger partial charge is 0.360 e. The number of benzene rings is 1. The van der Waals surface area contributed by atoms with E-state index in [0.717, 1.165) is 42.4 Å². The Labute approximate surface area is 145 Å². The van der Waals surface area contributed by atoms with E-state index in [1.807, 2.05) is 29.2 Å². The van der Waals surface area contributed by atoms with E-state index in [2.05, 4.69) is 9.97 Å². The summed E-state index contributed by atoms with van der Waals surface area (Å²) >= 11 is 0. The van der Waals surface area contributed by atoms with E-state index in [4.69, 9.17) is 0 Å². The monoisotopic (exact) mass is 336 g/mol. The van der Waals surface area contributed by atoms with Crippen molar-refractivity contribution in [2.24, 2.45) is 5.92 Å². The molecule has 1 fully saturated rings. The number of hydrogen-bond donors (Lipinski definition) is 1. The van der Waals surface area contributed by atoms with Crippen LogP contribution in [0, 0.1) is 5.92 Å². The number of aromatic amines is 1. The summed E-state index contributed by atoms with van der Waals surface area (Å²) in [6.45, 7) is 2.11. The molecule has 0 aliphatic carbocycles. The van der Waals surface area contributed by atoms with E-state index in [1.54, 1.807) is 17.1 Å². The van der Waals surface area contributed by atoms with Gasteiger partial charge in [-0.05, 0) is 24.8 Å². The minimum atomic E-state index is -0.0210. The van der Waals surface area contributed by atoms with Crippen LogP contribution in [0.4, 0.5) is 0 Å². The molecule has 0 spiro atoms. The van der Waals surface area contributed by atoms with Gasteiger partial charge in [0.25, 0.3) is 11.5 Å². The van der Waals surface area contributed by atoms with Crippen LogP contribution in [0.3, 0.4) is 0 Å². The van der Waals surface area contributed by atoms with Crippen LogP contribution >= 0.6 is 0 Å². The zero-order valence-corrected chi connectivity index (χ0v) is 13.9. The molecule has 0 radical (unpaired) electrons. The van der Waals surface area contributed by atoms with Crippen molar-refractivity contribution in [3.05, 3.63) is 65.0 Å². The first-order chi connectivity index (χ1) is 12.2. The summed E-state index contributed by atoms with van der Waals surface area (Å²) in [5.74, 6) is 0.475. The zero-order chi connectivity index (χ0) is 17.2. The highest BCUT2D eigenvalue weighted by atomic mass is 16.2. The average Bonchev–Trinajstić information content (AvgIpc) is 3.08. The lowest BCUT2D eigenvalue weighted by molar-refractivity contribution is 0.0684. The number of H-pyrrole nitrogens is 1. The van der Waals surface area contributed by atoms with Gasteiger partial charge in [0.05, 0.1) is 11.9 Å². The molecule has 3 heterocycles. The fraction of sp³-hybridized carbons (Fsp3) is 0.316. The SMILES string of the molecule is O=C(c1c[nH]c2ccccc12)N1CCC(Cn2cnccc2=O)CC1. The molecule has 2 aromatic heterocycles. The third-order valence-corrected chi connectivity index (χ3v) is 4.97. The predicted molar refractivity (Wildman–Crippen MR) is 95.4 cm³/mol. The van der Waals surface area contributed by atoms with Crippen molar-refractivity contribution in [2.75, 3.05) is 13.1 Å². The third-order valence-electron chi connectivity index (χ3n) is 4.97. The number of likely N-dealkylation sites (tertiary alicyclic amines) is 1. The first-order valence-electron chi connectivity index (χ1n) is 8.58. The van der Waals surface area contributed by atoms with Gasteiger partial charge in [-0.1, -0.05) is 18.2 Å². The maximum Gasteiger partial charge on any atom is 0.256 e. The Morgan fingerprint density at radius 2 is 2.00 bits per heavy atom. The number of piperidine rings is 1. The summed E-state index contributed by atoms with van der Waals surface area (Å²) < 4.78 is 1.65. The summed E-state index contributed by atoms with van der Waals surface area (Å²) in [6, 6.07) is 9.34. The molecular formula is C19H20N4O2. The number of carbonyl (C=O) groups is 1. The van der Waals surface area contributed by atoms with Crippen molar-refractivity contribution in [2.45, 2.75) is 19.4 Å². The molecule has 1 saturated heterocycles. The Hall–Kier alpha value is -2.89. The second-order valence-corrected chi connectivity index (χ2v) is 6.55. The highest BCUT2D eigenvalue weighted by molar-refractivity contribution is 6.06. The van der Waals surface area contributed by atoms with Gasteiger partial charge in [-0.3, -0.25) is 14.2 Å². The average molecular weight is 336 g/mol. The number of rotatable bonds is 3. The van der Waals surface area contributed by atoms with Crippen molar-refractivity contribution in [1.82, 2.24) is 19.4 Å². The lowest BCUT2D eigenvalue weighted by Gasteiger charge is -2.32. The molecule has 1 N–H and O–H groups in total. The fourth-order valence-corrected chi connectivity index (χ4v) is 3.53. The molecule has 1 aliphatic rings. The maximum atomic E-state index is 12.8. The molecular weight excluding hydrogens is 316 g/mol. The Balaban J connectivity index is 1.42. The Kier molecular flexibility index (Phi) is 4.09. The van der Waals surface area contributed by atoms with Crippen LogP contribution in [-0.4, -0.2) is 38.4 Å². The highest BCUT2D eigenvalue weighted by Crippen LogP contribution is 2.23. The maximum absolute atomic E-state index is 12.8. The van der Waals surface area contributed by atoms with E-state index in [-0.39, 0.29) is 11.5 Å². The molecule has 6 heteroatoms. The van der Waals surface area contributed by atoms with Crippen molar-refractivity contribution >= 4 is 16.8 Å². The molecule has 1 aromatic carbocycles. The van der Waals surface area contributed by atoms with Gasteiger partial charge >= 0.3 is 0 Å². The number of nitrogens with one attached hydrogen (secondary N) is 1. The van der Waals surface area contributed by atoms with E-state index >= 15 is 0 Å².